The zero-order valence-electron chi connectivity index (χ0n) is 16.7. The molecule has 0 unspecified atom stereocenters. The molecule has 4 heteroatoms. The lowest BCUT2D eigenvalue weighted by molar-refractivity contribution is 0.304. The lowest BCUT2D eigenvalue weighted by Crippen LogP contribution is -1.96. The summed E-state index contributed by atoms with van der Waals surface area (Å²) < 4.78 is 10.9. The Kier molecular flexibility index (Phi) is 10.0. The fourth-order valence-corrected chi connectivity index (χ4v) is 2.80. The highest BCUT2D eigenvalue weighted by Crippen LogP contribution is 2.23. The molecule has 0 heterocycles. The largest absolute Gasteiger partial charge is 0.497 e. The molecule has 0 radical (unpaired) electrons. The second kappa shape index (κ2) is 12.9. The smallest absolute Gasteiger partial charge is 0.119 e. The average Bonchev–Trinajstić information content (AvgIpc) is 2.72. The molecular weight excluding hydrogens is 336 g/mol. The van der Waals surface area contributed by atoms with Gasteiger partial charge >= 0.3 is 0 Å². The van der Waals surface area contributed by atoms with Crippen molar-refractivity contribution in [2.45, 2.75) is 58.3 Å². The van der Waals surface area contributed by atoms with Crippen molar-refractivity contribution in [2.24, 2.45) is 10.2 Å². The van der Waals surface area contributed by atoms with Crippen molar-refractivity contribution in [3.8, 4) is 11.5 Å². The Morgan fingerprint density at radius 3 is 1.63 bits per heavy atom. The third kappa shape index (κ3) is 8.72. The Morgan fingerprint density at radius 2 is 1.11 bits per heavy atom. The van der Waals surface area contributed by atoms with Gasteiger partial charge in [0.05, 0.1) is 25.1 Å². The van der Waals surface area contributed by atoms with Crippen LogP contribution >= 0.6 is 0 Å². The second-order valence-corrected chi connectivity index (χ2v) is 6.72. The first-order chi connectivity index (χ1) is 13.3. The number of hydrogen-bond donors (Lipinski definition) is 0. The molecule has 2 aromatic rings. The van der Waals surface area contributed by atoms with E-state index in [1.54, 1.807) is 7.11 Å². The topological polar surface area (TPSA) is 43.2 Å². The first kappa shape index (κ1) is 20.9. The van der Waals surface area contributed by atoms with E-state index >= 15 is 0 Å². The average molecular weight is 369 g/mol. The molecule has 0 saturated heterocycles. The molecule has 0 aliphatic carbocycles. The van der Waals surface area contributed by atoms with Crippen molar-refractivity contribution in [3.05, 3.63) is 48.5 Å². The Morgan fingerprint density at radius 1 is 0.630 bits per heavy atom. The second-order valence-electron chi connectivity index (χ2n) is 6.72. The number of unbranched alkanes of at least 4 members (excludes halogenated alkanes) is 7. The van der Waals surface area contributed by atoms with E-state index in [0.717, 1.165) is 35.9 Å². The third-order valence-corrected chi connectivity index (χ3v) is 4.46. The van der Waals surface area contributed by atoms with Gasteiger partial charge in [-0.05, 0) is 55.0 Å². The van der Waals surface area contributed by atoms with Crippen LogP contribution in [0.1, 0.15) is 58.3 Å². The van der Waals surface area contributed by atoms with Gasteiger partial charge in [-0.15, -0.1) is 0 Å². The van der Waals surface area contributed by atoms with Gasteiger partial charge in [-0.2, -0.15) is 10.2 Å². The van der Waals surface area contributed by atoms with Gasteiger partial charge in [-0.3, -0.25) is 0 Å². The van der Waals surface area contributed by atoms with Crippen molar-refractivity contribution < 1.29 is 9.47 Å². The molecule has 0 aromatic heterocycles. The van der Waals surface area contributed by atoms with Crippen molar-refractivity contribution in [3.63, 3.8) is 0 Å². The van der Waals surface area contributed by atoms with E-state index in [0.29, 0.717) is 0 Å². The van der Waals surface area contributed by atoms with Crippen molar-refractivity contribution >= 4 is 11.4 Å². The van der Waals surface area contributed by atoms with E-state index in [2.05, 4.69) is 17.2 Å². The number of nitrogens with zero attached hydrogens (tertiary/aromatic N) is 2. The van der Waals surface area contributed by atoms with Gasteiger partial charge in [0.25, 0.3) is 0 Å². The van der Waals surface area contributed by atoms with Crippen LogP contribution in [0, 0.1) is 0 Å². The fraction of sp³-hybridized carbons (Fsp3) is 0.478. The van der Waals surface area contributed by atoms with Crippen molar-refractivity contribution in [1.29, 1.82) is 0 Å². The van der Waals surface area contributed by atoms with Gasteiger partial charge in [-0.1, -0.05) is 51.9 Å². The first-order valence-electron chi connectivity index (χ1n) is 10.1. The van der Waals surface area contributed by atoms with Gasteiger partial charge in [-0.25, -0.2) is 0 Å². The molecule has 0 aliphatic heterocycles. The molecule has 0 bridgehead atoms. The summed E-state index contributed by atoms with van der Waals surface area (Å²) in [7, 11) is 1.65. The number of hydrogen-bond acceptors (Lipinski definition) is 4. The van der Waals surface area contributed by atoms with Gasteiger partial charge in [0.2, 0.25) is 0 Å². The summed E-state index contributed by atoms with van der Waals surface area (Å²) in [4.78, 5) is 0. The van der Waals surface area contributed by atoms with Crippen LogP contribution in [0.15, 0.2) is 58.8 Å². The quantitative estimate of drug-likeness (QED) is 0.269. The molecule has 0 spiro atoms. The molecule has 0 atom stereocenters. The molecular formula is C23H32N2O2. The molecule has 4 nitrogen and oxygen atoms in total. The maximum Gasteiger partial charge on any atom is 0.119 e. The van der Waals surface area contributed by atoms with Gasteiger partial charge in [0, 0.05) is 0 Å². The van der Waals surface area contributed by atoms with E-state index in [1.165, 1.54) is 44.9 Å². The minimum atomic E-state index is 0.779. The van der Waals surface area contributed by atoms with E-state index in [1.807, 2.05) is 48.5 Å². The highest BCUT2D eigenvalue weighted by molar-refractivity contribution is 5.44. The van der Waals surface area contributed by atoms with E-state index in [9.17, 15) is 0 Å². The lowest BCUT2D eigenvalue weighted by Gasteiger charge is -2.06. The fourth-order valence-electron chi connectivity index (χ4n) is 2.80. The molecule has 0 fully saturated rings. The van der Waals surface area contributed by atoms with Crippen LogP contribution in [0.2, 0.25) is 0 Å². The summed E-state index contributed by atoms with van der Waals surface area (Å²) in [5.74, 6) is 1.70. The number of benzene rings is 2. The Bertz CT molecular complexity index is 651. The SMILES string of the molecule is CCCCCCCCCCOc1ccc(N=Nc2ccc(OC)cc2)cc1. The van der Waals surface area contributed by atoms with Crippen LogP contribution in [0.4, 0.5) is 11.4 Å². The zero-order valence-corrected chi connectivity index (χ0v) is 16.7. The number of ether oxygens (including phenoxy) is 2. The van der Waals surface area contributed by atoms with Crippen molar-refractivity contribution in [1.82, 2.24) is 0 Å². The molecule has 0 amide bonds. The molecule has 2 aromatic carbocycles. The van der Waals surface area contributed by atoms with Crippen LogP contribution < -0.4 is 9.47 Å². The van der Waals surface area contributed by atoms with Gasteiger partial charge < -0.3 is 9.47 Å². The van der Waals surface area contributed by atoms with Crippen molar-refractivity contribution in [2.75, 3.05) is 13.7 Å². The maximum absolute atomic E-state index is 5.81. The molecule has 27 heavy (non-hydrogen) atoms. The van der Waals surface area contributed by atoms with Gasteiger partial charge in [0.1, 0.15) is 11.5 Å². The summed E-state index contributed by atoms with van der Waals surface area (Å²) >= 11 is 0. The molecule has 0 aliphatic rings. The van der Waals surface area contributed by atoms with Gasteiger partial charge in [0.15, 0.2) is 0 Å². The normalized spacial score (nSPS) is 11.0. The summed E-state index contributed by atoms with van der Waals surface area (Å²) in [5.41, 5.74) is 1.61. The molecule has 2 rings (SSSR count). The highest BCUT2D eigenvalue weighted by Gasteiger charge is 1.97. The maximum atomic E-state index is 5.81. The third-order valence-electron chi connectivity index (χ3n) is 4.46. The van der Waals surface area contributed by atoms with E-state index in [4.69, 9.17) is 9.47 Å². The summed E-state index contributed by atoms with van der Waals surface area (Å²) in [6, 6.07) is 15.3. The minimum absolute atomic E-state index is 0.779. The van der Waals surface area contributed by atoms with E-state index < -0.39 is 0 Å². The summed E-state index contributed by atoms with van der Waals surface area (Å²) in [6.45, 7) is 3.04. The number of rotatable bonds is 13. The van der Waals surface area contributed by atoms with Crippen LogP contribution in [0.25, 0.3) is 0 Å². The van der Waals surface area contributed by atoms with Crippen LogP contribution in [-0.2, 0) is 0 Å². The summed E-state index contributed by atoms with van der Waals surface area (Å²) in [5, 5.41) is 8.49. The Balaban J connectivity index is 1.63. The molecule has 146 valence electrons. The zero-order chi connectivity index (χ0) is 19.2. The van der Waals surface area contributed by atoms with Crippen LogP contribution in [-0.4, -0.2) is 13.7 Å². The number of methoxy groups -OCH3 is 1. The highest BCUT2D eigenvalue weighted by atomic mass is 16.5. The first-order valence-corrected chi connectivity index (χ1v) is 10.1. The Labute approximate surface area is 163 Å². The molecule has 0 N–H and O–H groups in total. The van der Waals surface area contributed by atoms with Crippen LogP contribution in [0.3, 0.4) is 0 Å². The summed E-state index contributed by atoms with van der Waals surface area (Å²) in [6.07, 6.45) is 10.5. The Hall–Kier alpha value is -2.36. The number of azo groups is 1. The van der Waals surface area contributed by atoms with E-state index in [-0.39, 0.29) is 0 Å². The monoisotopic (exact) mass is 368 g/mol. The minimum Gasteiger partial charge on any atom is -0.497 e. The standard InChI is InChI=1S/C23H32N2O2/c1-3-4-5-6-7-8-9-10-19-27-23-17-13-21(14-18-23)25-24-20-11-15-22(26-2)16-12-20/h11-18H,3-10,19H2,1-2H3. The lowest BCUT2D eigenvalue weighted by atomic mass is 10.1. The van der Waals surface area contributed by atoms with Crippen LogP contribution in [0.5, 0.6) is 11.5 Å². The predicted octanol–water partition coefficient (Wildman–Crippen LogP) is 7.63. The predicted molar refractivity (Wildman–Crippen MR) is 112 cm³/mol. The molecule has 0 saturated carbocycles.